The van der Waals surface area contributed by atoms with Crippen molar-refractivity contribution in [1.82, 2.24) is 0 Å². The highest BCUT2D eigenvalue weighted by atomic mass is 16.3. The summed E-state index contributed by atoms with van der Waals surface area (Å²) in [7, 11) is 0. The zero-order chi connectivity index (χ0) is 14.2. The molecular formula is C19H24O. The molecule has 2 aromatic carbocycles. The molecule has 1 nitrogen and oxygen atoms in total. The van der Waals surface area contributed by atoms with Crippen LogP contribution in [0.25, 0.3) is 10.8 Å². The van der Waals surface area contributed by atoms with Gasteiger partial charge in [0.2, 0.25) is 0 Å². The van der Waals surface area contributed by atoms with Gasteiger partial charge in [0, 0.05) is 5.41 Å². The van der Waals surface area contributed by atoms with Crippen molar-refractivity contribution in [2.24, 2.45) is 5.41 Å². The van der Waals surface area contributed by atoms with Gasteiger partial charge in [-0.1, -0.05) is 56.2 Å². The molecule has 3 rings (SSSR count). The van der Waals surface area contributed by atoms with Gasteiger partial charge in [-0.2, -0.15) is 0 Å². The summed E-state index contributed by atoms with van der Waals surface area (Å²) in [5, 5.41) is 13.6. The molecule has 0 spiro atoms. The fraction of sp³-hybridized carbons (Fsp3) is 0.474. The van der Waals surface area contributed by atoms with Gasteiger partial charge in [-0.05, 0) is 48.1 Å². The minimum atomic E-state index is -0.332. The summed E-state index contributed by atoms with van der Waals surface area (Å²) in [4.78, 5) is 0. The second-order valence-corrected chi connectivity index (χ2v) is 6.34. The lowest BCUT2D eigenvalue weighted by Crippen LogP contribution is -2.25. The zero-order valence-corrected chi connectivity index (χ0v) is 12.5. The summed E-state index contributed by atoms with van der Waals surface area (Å²) in [6.07, 6.45) is 5.57. The Morgan fingerprint density at radius 1 is 1.10 bits per heavy atom. The van der Waals surface area contributed by atoms with Crippen LogP contribution in [-0.2, 0) is 0 Å². The van der Waals surface area contributed by atoms with Crippen LogP contribution in [0, 0.1) is 12.3 Å². The van der Waals surface area contributed by atoms with E-state index in [0.717, 1.165) is 24.8 Å². The molecule has 1 fully saturated rings. The van der Waals surface area contributed by atoms with Crippen molar-refractivity contribution in [3.05, 3.63) is 47.5 Å². The first-order valence-corrected chi connectivity index (χ1v) is 7.84. The summed E-state index contributed by atoms with van der Waals surface area (Å²) >= 11 is 0. The van der Waals surface area contributed by atoms with Crippen LogP contribution >= 0.6 is 0 Å². The second kappa shape index (κ2) is 5.21. The highest BCUT2D eigenvalue weighted by Gasteiger charge is 2.40. The zero-order valence-electron chi connectivity index (χ0n) is 12.5. The first-order valence-electron chi connectivity index (χ1n) is 7.84. The van der Waals surface area contributed by atoms with E-state index in [4.69, 9.17) is 0 Å². The minimum absolute atomic E-state index is 0.0921. The van der Waals surface area contributed by atoms with Gasteiger partial charge in [-0.15, -0.1) is 0 Å². The van der Waals surface area contributed by atoms with E-state index in [9.17, 15) is 5.11 Å². The Morgan fingerprint density at radius 3 is 2.50 bits per heavy atom. The number of aliphatic hydroxyl groups is 1. The monoisotopic (exact) mass is 268 g/mol. The SMILES string of the molecule is CCC1(C(O)c2c(C)ccc3ccccc23)CCCC1. The Balaban J connectivity index is 2.15. The quantitative estimate of drug-likeness (QED) is 0.816. The minimum Gasteiger partial charge on any atom is -0.388 e. The van der Waals surface area contributed by atoms with Gasteiger partial charge < -0.3 is 5.11 Å². The molecule has 1 aliphatic carbocycles. The van der Waals surface area contributed by atoms with Crippen molar-refractivity contribution < 1.29 is 5.11 Å². The maximum absolute atomic E-state index is 11.1. The average Bonchev–Trinajstić information content (AvgIpc) is 2.96. The van der Waals surface area contributed by atoms with Gasteiger partial charge in [-0.3, -0.25) is 0 Å². The third-order valence-electron chi connectivity index (χ3n) is 5.35. The van der Waals surface area contributed by atoms with Gasteiger partial charge in [0.15, 0.2) is 0 Å². The molecule has 1 aliphatic rings. The van der Waals surface area contributed by atoms with Gasteiger partial charge in [0.1, 0.15) is 0 Å². The Labute approximate surface area is 121 Å². The lowest BCUT2D eigenvalue weighted by atomic mass is 9.73. The maximum atomic E-state index is 11.1. The van der Waals surface area contributed by atoms with Crippen molar-refractivity contribution in [2.75, 3.05) is 0 Å². The third-order valence-corrected chi connectivity index (χ3v) is 5.35. The Hall–Kier alpha value is -1.34. The average molecular weight is 268 g/mol. The number of benzene rings is 2. The lowest BCUT2D eigenvalue weighted by Gasteiger charge is -2.35. The number of hydrogen-bond donors (Lipinski definition) is 1. The van der Waals surface area contributed by atoms with Crippen LogP contribution in [0.5, 0.6) is 0 Å². The molecule has 1 N–H and O–H groups in total. The maximum Gasteiger partial charge on any atom is 0.0854 e. The molecule has 1 unspecified atom stereocenters. The molecule has 1 atom stereocenters. The normalized spacial score (nSPS) is 19.4. The van der Waals surface area contributed by atoms with Gasteiger partial charge >= 0.3 is 0 Å². The van der Waals surface area contributed by atoms with E-state index >= 15 is 0 Å². The number of aliphatic hydroxyl groups excluding tert-OH is 1. The predicted molar refractivity (Wildman–Crippen MR) is 84.8 cm³/mol. The topological polar surface area (TPSA) is 20.2 Å². The molecule has 1 saturated carbocycles. The fourth-order valence-electron chi connectivity index (χ4n) is 3.97. The molecule has 0 radical (unpaired) electrons. The molecule has 0 aliphatic heterocycles. The molecular weight excluding hydrogens is 244 g/mol. The highest BCUT2D eigenvalue weighted by Crippen LogP contribution is 2.51. The van der Waals surface area contributed by atoms with Crippen LogP contribution in [0.15, 0.2) is 36.4 Å². The Morgan fingerprint density at radius 2 is 1.80 bits per heavy atom. The van der Waals surface area contributed by atoms with E-state index in [1.807, 2.05) is 0 Å². The van der Waals surface area contributed by atoms with Crippen LogP contribution < -0.4 is 0 Å². The van der Waals surface area contributed by atoms with Crippen LogP contribution in [0.2, 0.25) is 0 Å². The summed E-state index contributed by atoms with van der Waals surface area (Å²) in [5.74, 6) is 0. The van der Waals surface area contributed by atoms with E-state index in [-0.39, 0.29) is 11.5 Å². The summed E-state index contributed by atoms with van der Waals surface area (Å²) in [6.45, 7) is 4.36. The van der Waals surface area contributed by atoms with E-state index in [1.165, 1.54) is 29.2 Å². The van der Waals surface area contributed by atoms with Crippen LogP contribution in [-0.4, -0.2) is 5.11 Å². The standard InChI is InChI=1S/C19H24O/c1-3-19(12-6-7-13-19)18(20)17-14(2)10-11-15-8-4-5-9-16(15)17/h4-5,8-11,18,20H,3,6-7,12-13H2,1-2H3. The molecule has 0 bridgehead atoms. The molecule has 1 heteroatoms. The van der Waals surface area contributed by atoms with Crippen molar-refractivity contribution >= 4 is 10.8 Å². The van der Waals surface area contributed by atoms with E-state index in [2.05, 4.69) is 50.2 Å². The number of rotatable bonds is 3. The predicted octanol–water partition coefficient (Wildman–Crippen LogP) is 5.15. The smallest absolute Gasteiger partial charge is 0.0854 e. The first-order chi connectivity index (χ1) is 9.68. The van der Waals surface area contributed by atoms with E-state index in [1.54, 1.807) is 0 Å². The summed E-state index contributed by atoms with van der Waals surface area (Å²) in [6, 6.07) is 12.7. The summed E-state index contributed by atoms with van der Waals surface area (Å²) < 4.78 is 0. The van der Waals surface area contributed by atoms with Crippen molar-refractivity contribution in [3.63, 3.8) is 0 Å². The number of fused-ring (bicyclic) bond motifs is 1. The number of hydrogen-bond acceptors (Lipinski definition) is 1. The number of aryl methyl sites for hydroxylation is 1. The van der Waals surface area contributed by atoms with Crippen LogP contribution in [0.3, 0.4) is 0 Å². The molecule has 0 amide bonds. The largest absolute Gasteiger partial charge is 0.388 e. The van der Waals surface area contributed by atoms with Gasteiger partial charge in [-0.25, -0.2) is 0 Å². The third kappa shape index (κ3) is 2.05. The second-order valence-electron chi connectivity index (χ2n) is 6.34. The molecule has 0 aromatic heterocycles. The fourth-order valence-corrected chi connectivity index (χ4v) is 3.97. The first kappa shape index (κ1) is 13.6. The molecule has 0 heterocycles. The molecule has 106 valence electrons. The lowest BCUT2D eigenvalue weighted by molar-refractivity contribution is 0.0244. The van der Waals surface area contributed by atoms with E-state index < -0.39 is 0 Å². The summed E-state index contributed by atoms with van der Waals surface area (Å²) in [5.41, 5.74) is 2.47. The van der Waals surface area contributed by atoms with Gasteiger partial charge in [0.25, 0.3) is 0 Å². The van der Waals surface area contributed by atoms with Crippen molar-refractivity contribution in [2.45, 2.75) is 52.1 Å². The Kier molecular flexibility index (Phi) is 3.55. The molecule has 0 saturated heterocycles. The van der Waals surface area contributed by atoms with Crippen LogP contribution in [0.1, 0.15) is 56.3 Å². The molecule has 20 heavy (non-hydrogen) atoms. The van der Waals surface area contributed by atoms with Crippen molar-refractivity contribution in [1.29, 1.82) is 0 Å². The Bertz CT molecular complexity index is 608. The molecule has 2 aromatic rings. The van der Waals surface area contributed by atoms with Gasteiger partial charge in [0.05, 0.1) is 6.10 Å². The van der Waals surface area contributed by atoms with E-state index in [0.29, 0.717) is 0 Å². The van der Waals surface area contributed by atoms with Crippen LogP contribution in [0.4, 0.5) is 0 Å². The highest BCUT2D eigenvalue weighted by molar-refractivity contribution is 5.87. The van der Waals surface area contributed by atoms with Crippen molar-refractivity contribution in [3.8, 4) is 0 Å².